The Morgan fingerprint density at radius 1 is 1.32 bits per heavy atom. The highest BCUT2D eigenvalue weighted by Gasteiger charge is 2.18. The zero-order valence-corrected chi connectivity index (χ0v) is 11.8. The molecule has 1 unspecified atom stereocenters. The summed E-state index contributed by atoms with van der Waals surface area (Å²) in [5.74, 6) is -0.0856. The molecule has 1 atom stereocenters. The summed E-state index contributed by atoms with van der Waals surface area (Å²) in [5.41, 5.74) is 7.69. The summed E-state index contributed by atoms with van der Waals surface area (Å²) < 4.78 is 0. The van der Waals surface area contributed by atoms with E-state index in [0.717, 1.165) is 11.3 Å². The summed E-state index contributed by atoms with van der Waals surface area (Å²) in [6.07, 6.45) is 0. The van der Waals surface area contributed by atoms with Gasteiger partial charge in [0.25, 0.3) is 0 Å². The topological polar surface area (TPSA) is 68.0 Å². The van der Waals surface area contributed by atoms with Crippen LogP contribution >= 0.6 is 11.3 Å². The van der Waals surface area contributed by atoms with Gasteiger partial charge in [0.15, 0.2) is 5.13 Å². The van der Waals surface area contributed by atoms with Crippen LogP contribution in [0.3, 0.4) is 0 Å². The monoisotopic (exact) mass is 275 g/mol. The molecule has 0 saturated heterocycles. The molecule has 4 nitrogen and oxygen atoms in total. The Bertz CT molecular complexity index is 551. The molecule has 100 valence electrons. The van der Waals surface area contributed by atoms with E-state index in [-0.39, 0.29) is 11.8 Å². The quantitative estimate of drug-likeness (QED) is 0.901. The summed E-state index contributed by atoms with van der Waals surface area (Å²) >= 11 is 1.40. The molecule has 1 amide bonds. The number of rotatable bonds is 4. The van der Waals surface area contributed by atoms with Crippen LogP contribution in [-0.2, 0) is 4.79 Å². The highest BCUT2D eigenvalue weighted by atomic mass is 32.1. The molecule has 0 bridgehead atoms. The summed E-state index contributed by atoms with van der Waals surface area (Å²) in [4.78, 5) is 16.2. The van der Waals surface area contributed by atoms with Crippen LogP contribution in [0.4, 0.5) is 5.13 Å². The van der Waals surface area contributed by atoms with Crippen molar-refractivity contribution in [2.45, 2.75) is 19.9 Å². The highest BCUT2D eigenvalue weighted by Crippen LogP contribution is 2.24. The first kappa shape index (κ1) is 13.7. The van der Waals surface area contributed by atoms with Crippen molar-refractivity contribution in [2.75, 3.05) is 5.32 Å². The van der Waals surface area contributed by atoms with E-state index >= 15 is 0 Å². The molecule has 0 radical (unpaired) electrons. The van der Waals surface area contributed by atoms with E-state index in [1.165, 1.54) is 11.3 Å². The number of thiazole rings is 1. The van der Waals surface area contributed by atoms with Crippen LogP contribution < -0.4 is 11.1 Å². The first-order valence-corrected chi connectivity index (χ1v) is 7.03. The Morgan fingerprint density at radius 2 is 2.00 bits per heavy atom. The largest absolute Gasteiger partial charge is 0.320 e. The van der Waals surface area contributed by atoms with Crippen molar-refractivity contribution in [2.24, 2.45) is 11.7 Å². The molecule has 19 heavy (non-hydrogen) atoms. The fourth-order valence-corrected chi connectivity index (χ4v) is 2.29. The maximum absolute atomic E-state index is 11.8. The average molecular weight is 275 g/mol. The second-order valence-electron chi connectivity index (χ2n) is 4.66. The molecule has 0 aliphatic rings. The Kier molecular flexibility index (Phi) is 4.29. The third-order valence-corrected chi connectivity index (χ3v) is 3.58. The lowest BCUT2D eigenvalue weighted by Gasteiger charge is -2.13. The van der Waals surface area contributed by atoms with Gasteiger partial charge in [0.05, 0.1) is 11.7 Å². The van der Waals surface area contributed by atoms with Crippen LogP contribution in [0.2, 0.25) is 0 Å². The summed E-state index contributed by atoms with van der Waals surface area (Å²) in [6.45, 7) is 3.84. The Balaban J connectivity index is 2.08. The maximum atomic E-state index is 11.8. The van der Waals surface area contributed by atoms with Crippen molar-refractivity contribution in [3.63, 3.8) is 0 Å². The van der Waals surface area contributed by atoms with E-state index in [4.69, 9.17) is 5.73 Å². The standard InChI is InChI=1S/C14H17N3OS/c1-9(2)12(15)13(18)17-14-16-11(8-19-14)10-6-4-3-5-7-10/h3-9,12H,15H2,1-2H3,(H,16,17,18). The van der Waals surface area contributed by atoms with Crippen molar-refractivity contribution in [3.8, 4) is 11.3 Å². The maximum Gasteiger partial charge on any atom is 0.243 e. The van der Waals surface area contributed by atoms with Gasteiger partial charge in [-0.2, -0.15) is 0 Å². The third-order valence-electron chi connectivity index (χ3n) is 2.82. The van der Waals surface area contributed by atoms with E-state index in [2.05, 4.69) is 10.3 Å². The van der Waals surface area contributed by atoms with E-state index in [1.54, 1.807) is 0 Å². The second kappa shape index (κ2) is 5.95. The van der Waals surface area contributed by atoms with Gasteiger partial charge in [-0.25, -0.2) is 4.98 Å². The minimum atomic E-state index is -0.510. The number of benzene rings is 1. The van der Waals surface area contributed by atoms with Gasteiger partial charge in [-0.3, -0.25) is 4.79 Å². The molecule has 0 saturated carbocycles. The summed E-state index contributed by atoms with van der Waals surface area (Å²) in [7, 11) is 0. The van der Waals surface area contributed by atoms with E-state index in [1.807, 2.05) is 49.6 Å². The molecule has 1 aromatic heterocycles. The molecule has 0 aliphatic heterocycles. The second-order valence-corrected chi connectivity index (χ2v) is 5.52. The van der Waals surface area contributed by atoms with Crippen LogP contribution in [-0.4, -0.2) is 16.9 Å². The molecular formula is C14H17N3OS. The van der Waals surface area contributed by atoms with E-state index in [9.17, 15) is 4.79 Å². The van der Waals surface area contributed by atoms with Crippen molar-refractivity contribution in [3.05, 3.63) is 35.7 Å². The molecule has 2 aromatic rings. The number of amides is 1. The lowest BCUT2D eigenvalue weighted by Crippen LogP contribution is -2.39. The molecule has 0 spiro atoms. The van der Waals surface area contributed by atoms with Gasteiger partial charge >= 0.3 is 0 Å². The molecule has 1 heterocycles. The molecule has 0 fully saturated rings. The van der Waals surface area contributed by atoms with Crippen LogP contribution in [0, 0.1) is 5.92 Å². The van der Waals surface area contributed by atoms with Crippen molar-refractivity contribution < 1.29 is 4.79 Å². The Labute approximate surface area is 116 Å². The number of carbonyl (C=O) groups excluding carboxylic acids is 1. The lowest BCUT2D eigenvalue weighted by atomic mass is 10.1. The molecule has 1 aromatic carbocycles. The van der Waals surface area contributed by atoms with Crippen LogP contribution in [0.5, 0.6) is 0 Å². The minimum absolute atomic E-state index is 0.105. The number of anilines is 1. The number of nitrogens with one attached hydrogen (secondary N) is 1. The van der Waals surface area contributed by atoms with E-state index in [0.29, 0.717) is 5.13 Å². The first-order valence-electron chi connectivity index (χ1n) is 6.15. The highest BCUT2D eigenvalue weighted by molar-refractivity contribution is 7.14. The molecular weight excluding hydrogens is 258 g/mol. The number of nitrogens with zero attached hydrogens (tertiary/aromatic N) is 1. The Hall–Kier alpha value is -1.72. The van der Waals surface area contributed by atoms with Gasteiger partial charge in [0, 0.05) is 10.9 Å². The number of nitrogens with two attached hydrogens (primary N) is 1. The number of aromatic nitrogens is 1. The minimum Gasteiger partial charge on any atom is -0.320 e. The summed E-state index contributed by atoms with van der Waals surface area (Å²) in [5, 5.41) is 5.26. The predicted molar refractivity (Wildman–Crippen MR) is 79.0 cm³/mol. The zero-order chi connectivity index (χ0) is 13.8. The van der Waals surface area contributed by atoms with Crippen molar-refractivity contribution in [1.82, 2.24) is 4.98 Å². The first-order chi connectivity index (χ1) is 9.08. The van der Waals surface area contributed by atoms with Crippen molar-refractivity contribution >= 4 is 22.4 Å². The summed E-state index contributed by atoms with van der Waals surface area (Å²) in [6, 6.07) is 9.34. The van der Waals surface area contributed by atoms with Gasteiger partial charge in [0.1, 0.15) is 0 Å². The van der Waals surface area contributed by atoms with Gasteiger partial charge < -0.3 is 11.1 Å². The molecule has 3 N–H and O–H groups in total. The fraction of sp³-hybridized carbons (Fsp3) is 0.286. The number of hydrogen-bond donors (Lipinski definition) is 2. The Morgan fingerprint density at radius 3 is 2.63 bits per heavy atom. The third kappa shape index (κ3) is 3.39. The van der Waals surface area contributed by atoms with E-state index < -0.39 is 6.04 Å². The zero-order valence-electron chi connectivity index (χ0n) is 11.0. The van der Waals surface area contributed by atoms with Gasteiger partial charge in [-0.15, -0.1) is 11.3 Å². The SMILES string of the molecule is CC(C)C(N)C(=O)Nc1nc(-c2ccccc2)cs1. The van der Waals surface area contributed by atoms with Gasteiger partial charge in [0.2, 0.25) is 5.91 Å². The molecule has 5 heteroatoms. The van der Waals surface area contributed by atoms with Gasteiger partial charge in [-0.05, 0) is 5.92 Å². The van der Waals surface area contributed by atoms with Crippen LogP contribution in [0.15, 0.2) is 35.7 Å². The number of hydrogen-bond acceptors (Lipinski definition) is 4. The smallest absolute Gasteiger partial charge is 0.243 e. The average Bonchev–Trinajstić information content (AvgIpc) is 2.87. The van der Waals surface area contributed by atoms with Crippen LogP contribution in [0.25, 0.3) is 11.3 Å². The normalized spacial score (nSPS) is 12.4. The fourth-order valence-electron chi connectivity index (χ4n) is 1.56. The molecule has 2 rings (SSSR count). The molecule has 0 aliphatic carbocycles. The predicted octanol–water partition coefficient (Wildman–Crippen LogP) is 2.73. The number of carbonyl (C=O) groups is 1. The van der Waals surface area contributed by atoms with Crippen molar-refractivity contribution in [1.29, 1.82) is 0 Å². The van der Waals surface area contributed by atoms with Crippen LogP contribution in [0.1, 0.15) is 13.8 Å². The van der Waals surface area contributed by atoms with Gasteiger partial charge in [-0.1, -0.05) is 44.2 Å². The lowest BCUT2D eigenvalue weighted by molar-refractivity contribution is -0.118.